The van der Waals surface area contributed by atoms with Crippen molar-refractivity contribution >= 4 is 17.7 Å². The Kier molecular flexibility index (Phi) is 7.28. The Hall–Kier alpha value is -2.54. The van der Waals surface area contributed by atoms with Gasteiger partial charge in [-0.05, 0) is 12.0 Å². The van der Waals surface area contributed by atoms with E-state index in [4.69, 9.17) is 0 Å². The maximum Gasteiger partial charge on any atom is 0.343 e. The van der Waals surface area contributed by atoms with Crippen LogP contribution in [-0.4, -0.2) is 44.4 Å². The van der Waals surface area contributed by atoms with Crippen LogP contribution in [0.4, 0.5) is 0 Å². The molecule has 0 unspecified atom stereocenters. The molecule has 7 heteroatoms. The van der Waals surface area contributed by atoms with Gasteiger partial charge in [-0.1, -0.05) is 54.2 Å². The molecule has 2 aromatic rings. The number of hydrogen-bond donors (Lipinski definition) is 1. The van der Waals surface area contributed by atoms with Crippen molar-refractivity contribution in [2.24, 2.45) is 0 Å². The Morgan fingerprint density at radius 2 is 1.92 bits per heavy atom. The molecular weight excluding hydrogens is 336 g/mol. The monoisotopic (exact) mass is 358 g/mol. The van der Waals surface area contributed by atoms with E-state index in [9.17, 15) is 9.59 Å². The van der Waals surface area contributed by atoms with Crippen molar-refractivity contribution in [3.8, 4) is 0 Å². The Balaban J connectivity index is 1.98. The fourth-order valence-corrected chi connectivity index (χ4v) is 3.18. The molecule has 0 fully saturated rings. The highest BCUT2D eigenvalue weighted by Gasteiger charge is 2.15. The zero-order valence-electron chi connectivity index (χ0n) is 14.1. The van der Waals surface area contributed by atoms with Gasteiger partial charge in [0.15, 0.2) is 5.16 Å². The summed E-state index contributed by atoms with van der Waals surface area (Å²) in [5.41, 5.74) is 0.880. The van der Waals surface area contributed by atoms with Crippen LogP contribution in [0.1, 0.15) is 5.56 Å². The second-order valence-electron chi connectivity index (χ2n) is 5.36. The first kappa shape index (κ1) is 18.8. The van der Waals surface area contributed by atoms with Gasteiger partial charge in [-0.15, -0.1) is 18.3 Å². The van der Waals surface area contributed by atoms with Gasteiger partial charge in [0.1, 0.15) is 0 Å². The number of aromatic nitrogens is 3. The van der Waals surface area contributed by atoms with Crippen molar-refractivity contribution in [3.63, 3.8) is 0 Å². The van der Waals surface area contributed by atoms with Crippen LogP contribution >= 0.6 is 11.8 Å². The third kappa shape index (κ3) is 5.49. The van der Waals surface area contributed by atoms with Crippen LogP contribution in [0.25, 0.3) is 0 Å². The van der Waals surface area contributed by atoms with Crippen molar-refractivity contribution in [1.82, 2.24) is 19.7 Å². The molecule has 1 amide bonds. The van der Waals surface area contributed by atoms with E-state index in [1.54, 1.807) is 21.6 Å². The van der Waals surface area contributed by atoms with Crippen LogP contribution in [0.2, 0.25) is 0 Å². The number of thioether (sulfide) groups is 1. The molecule has 2 rings (SSSR count). The summed E-state index contributed by atoms with van der Waals surface area (Å²) in [6.45, 7) is 8.76. The van der Waals surface area contributed by atoms with Gasteiger partial charge in [0.25, 0.3) is 0 Å². The first-order chi connectivity index (χ1) is 12.2. The summed E-state index contributed by atoms with van der Waals surface area (Å²) >= 11 is 1.25. The molecule has 1 N–H and O–H groups in total. The van der Waals surface area contributed by atoms with Crippen LogP contribution in [0, 0.1) is 0 Å². The summed E-state index contributed by atoms with van der Waals surface area (Å²) in [5.74, 6) is 0.159. The highest BCUT2D eigenvalue weighted by atomic mass is 32.2. The van der Waals surface area contributed by atoms with Gasteiger partial charge in [0.2, 0.25) is 5.91 Å². The van der Waals surface area contributed by atoms with Crippen LogP contribution < -0.4 is 5.69 Å². The summed E-state index contributed by atoms with van der Waals surface area (Å²) in [5, 5.41) is 7.00. The molecule has 0 bridgehead atoms. The number of rotatable bonds is 10. The molecule has 0 radical (unpaired) electrons. The predicted octanol–water partition coefficient (Wildman–Crippen LogP) is 2.11. The molecule has 1 aromatic heterocycles. The lowest BCUT2D eigenvalue weighted by molar-refractivity contribution is -0.127. The predicted molar refractivity (Wildman–Crippen MR) is 101 cm³/mol. The maximum absolute atomic E-state index is 12.3. The molecule has 132 valence electrons. The van der Waals surface area contributed by atoms with Crippen molar-refractivity contribution < 1.29 is 4.79 Å². The topological polar surface area (TPSA) is 71.0 Å². The van der Waals surface area contributed by atoms with Gasteiger partial charge in [0, 0.05) is 19.6 Å². The largest absolute Gasteiger partial charge is 0.343 e. The summed E-state index contributed by atoms with van der Waals surface area (Å²) in [7, 11) is 0. The number of carbonyl (C=O) groups excluding carboxylic acids is 1. The minimum Gasteiger partial charge on any atom is -0.335 e. The number of benzene rings is 1. The van der Waals surface area contributed by atoms with E-state index in [1.165, 1.54) is 11.8 Å². The number of carbonyl (C=O) groups is 1. The summed E-state index contributed by atoms with van der Waals surface area (Å²) < 4.78 is 1.57. The molecule has 0 atom stereocenters. The normalized spacial score (nSPS) is 10.4. The van der Waals surface area contributed by atoms with Gasteiger partial charge in [-0.3, -0.25) is 9.36 Å². The smallest absolute Gasteiger partial charge is 0.335 e. The number of amides is 1. The van der Waals surface area contributed by atoms with E-state index in [0.717, 1.165) is 12.0 Å². The van der Waals surface area contributed by atoms with Crippen molar-refractivity contribution in [2.45, 2.75) is 18.1 Å². The van der Waals surface area contributed by atoms with E-state index in [2.05, 4.69) is 23.4 Å². The van der Waals surface area contributed by atoms with Crippen LogP contribution in [0.15, 0.2) is 65.6 Å². The first-order valence-corrected chi connectivity index (χ1v) is 8.95. The van der Waals surface area contributed by atoms with E-state index in [0.29, 0.717) is 24.8 Å². The molecule has 0 saturated heterocycles. The van der Waals surface area contributed by atoms with Crippen molar-refractivity contribution in [1.29, 1.82) is 0 Å². The lowest BCUT2D eigenvalue weighted by Crippen LogP contribution is -2.32. The lowest BCUT2D eigenvalue weighted by Gasteiger charge is -2.18. The highest BCUT2D eigenvalue weighted by Crippen LogP contribution is 2.15. The number of nitrogens with one attached hydrogen (secondary N) is 1. The number of aryl methyl sites for hydroxylation is 1. The fourth-order valence-electron chi connectivity index (χ4n) is 2.30. The molecule has 0 aliphatic carbocycles. The van der Waals surface area contributed by atoms with Crippen LogP contribution in [0.5, 0.6) is 0 Å². The average molecular weight is 358 g/mol. The molecule has 1 aromatic carbocycles. The number of H-pyrrole nitrogens is 1. The van der Waals surface area contributed by atoms with Gasteiger partial charge < -0.3 is 4.90 Å². The van der Waals surface area contributed by atoms with E-state index in [1.807, 2.05) is 30.3 Å². The van der Waals surface area contributed by atoms with Gasteiger partial charge in [-0.2, -0.15) is 0 Å². The standard InChI is InChI=1S/C18H22N4O2S/c1-3-11-21(12-4-2)16(23)14-25-18-20-19-17(24)22(18)13-10-15-8-6-5-7-9-15/h3-9H,1-2,10-14H2,(H,19,24). The van der Waals surface area contributed by atoms with Gasteiger partial charge in [0.05, 0.1) is 5.75 Å². The second kappa shape index (κ2) is 9.68. The quantitative estimate of drug-likeness (QED) is 0.522. The molecule has 1 heterocycles. The Morgan fingerprint density at radius 3 is 2.56 bits per heavy atom. The highest BCUT2D eigenvalue weighted by molar-refractivity contribution is 7.99. The Morgan fingerprint density at radius 1 is 1.24 bits per heavy atom. The van der Waals surface area contributed by atoms with Gasteiger partial charge in [-0.25, -0.2) is 9.89 Å². The van der Waals surface area contributed by atoms with Crippen LogP contribution in [-0.2, 0) is 17.8 Å². The molecule has 0 aliphatic rings. The zero-order chi connectivity index (χ0) is 18.1. The minimum absolute atomic E-state index is 0.0464. The minimum atomic E-state index is -0.264. The summed E-state index contributed by atoms with van der Waals surface area (Å²) in [6.07, 6.45) is 4.08. The second-order valence-corrected chi connectivity index (χ2v) is 6.31. The van der Waals surface area contributed by atoms with Crippen molar-refractivity contribution in [3.05, 3.63) is 71.7 Å². The summed E-state index contributed by atoms with van der Waals surface area (Å²) in [6, 6.07) is 9.93. The first-order valence-electron chi connectivity index (χ1n) is 7.97. The van der Waals surface area contributed by atoms with Crippen molar-refractivity contribution in [2.75, 3.05) is 18.8 Å². The maximum atomic E-state index is 12.3. The fraction of sp³-hybridized carbons (Fsp3) is 0.278. The zero-order valence-corrected chi connectivity index (χ0v) is 14.9. The lowest BCUT2D eigenvalue weighted by atomic mass is 10.1. The van der Waals surface area contributed by atoms with E-state index >= 15 is 0 Å². The number of hydrogen-bond acceptors (Lipinski definition) is 4. The molecule has 25 heavy (non-hydrogen) atoms. The molecule has 0 aliphatic heterocycles. The molecule has 6 nitrogen and oxygen atoms in total. The van der Waals surface area contributed by atoms with Gasteiger partial charge >= 0.3 is 5.69 Å². The molecule has 0 spiro atoms. The third-order valence-electron chi connectivity index (χ3n) is 3.57. The van der Waals surface area contributed by atoms with E-state index < -0.39 is 0 Å². The third-order valence-corrected chi connectivity index (χ3v) is 4.53. The Labute approximate surface area is 151 Å². The number of nitrogens with zero attached hydrogens (tertiary/aromatic N) is 3. The van der Waals surface area contributed by atoms with Crippen LogP contribution in [0.3, 0.4) is 0 Å². The Bertz CT molecular complexity index is 757. The SMILES string of the molecule is C=CCN(CC=C)C(=O)CSc1n[nH]c(=O)n1CCc1ccccc1. The number of aromatic amines is 1. The average Bonchev–Trinajstić information content (AvgIpc) is 2.98. The van der Waals surface area contributed by atoms with E-state index in [-0.39, 0.29) is 17.3 Å². The molecule has 0 saturated carbocycles. The molecular formula is C18H22N4O2S. The summed E-state index contributed by atoms with van der Waals surface area (Å²) in [4.78, 5) is 25.9.